The Morgan fingerprint density at radius 2 is 1.83 bits per heavy atom. The molecule has 1 fully saturated rings. The maximum Gasteiger partial charge on any atom is 0.119 e. The molecule has 1 saturated carbocycles. The minimum Gasteiger partial charge on any atom is -0.493 e. The minimum atomic E-state index is 0.435. The van der Waals surface area contributed by atoms with Crippen LogP contribution in [0.25, 0.3) is 0 Å². The van der Waals surface area contributed by atoms with Crippen LogP contribution in [0.15, 0.2) is 24.3 Å². The summed E-state index contributed by atoms with van der Waals surface area (Å²) in [4.78, 5) is 0. The van der Waals surface area contributed by atoms with Crippen LogP contribution in [0.5, 0.6) is 5.75 Å². The first-order valence-corrected chi connectivity index (χ1v) is 7.11. The van der Waals surface area contributed by atoms with Crippen molar-refractivity contribution in [1.29, 1.82) is 0 Å². The Bertz CT molecular complexity index is 354. The topological polar surface area (TPSA) is 21.3 Å². The number of nitrogens with one attached hydrogen (secondary N) is 1. The van der Waals surface area contributed by atoms with Crippen molar-refractivity contribution in [3.8, 4) is 5.75 Å². The summed E-state index contributed by atoms with van der Waals surface area (Å²) in [6.07, 6.45) is 2.81. The fourth-order valence-electron chi connectivity index (χ4n) is 1.90. The van der Waals surface area contributed by atoms with Crippen molar-refractivity contribution < 1.29 is 4.74 Å². The van der Waals surface area contributed by atoms with Gasteiger partial charge in [-0.2, -0.15) is 0 Å². The van der Waals surface area contributed by atoms with E-state index in [0.29, 0.717) is 12.0 Å². The van der Waals surface area contributed by atoms with E-state index in [0.717, 1.165) is 24.8 Å². The lowest BCUT2D eigenvalue weighted by atomic mass is 10.1. The number of ether oxygens (including phenoxy) is 1. The first-order chi connectivity index (χ1) is 8.65. The SMILES string of the molecule is CC(C)COc1ccc(C(C)NCC2CC2)cc1. The zero-order chi connectivity index (χ0) is 13.0. The molecule has 100 valence electrons. The van der Waals surface area contributed by atoms with Crippen LogP contribution >= 0.6 is 0 Å². The summed E-state index contributed by atoms with van der Waals surface area (Å²) in [6, 6.07) is 8.92. The molecule has 0 saturated heterocycles. The third-order valence-corrected chi connectivity index (χ3v) is 3.37. The maximum atomic E-state index is 5.69. The predicted octanol–water partition coefficient (Wildman–Crippen LogP) is 3.78. The van der Waals surface area contributed by atoms with E-state index in [2.05, 4.69) is 50.4 Å². The summed E-state index contributed by atoms with van der Waals surface area (Å²) in [6.45, 7) is 8.50. The van der Waals surface area contributed by atoms with Crippen molar-refractivity contribution in [3.63, 3.8) is 0 Å². The van der Waals surface area contributed by atoms with Gasteiger partial charge in [-0.3, -0.25) is 0 Å². The first kappa shape index (κ1) is 13.4. The highest BCUT2D eigenvalue weighted by Crippen LogP contribution is 2.28. The van der Waals surface area contributed by atoms with Crippen molar-refractivity contribution in [1.82, 2.24) is 5.32 Å². The standard InChI is InChI=1S/C16H25NO/c1-12(2)11-18-16-8-6-15(7-9-16)13(3)17-10-14-4-5-14/h6-9,12-14,17H,4-5,10-11H2,1-3H3. The van der Waals surface area contributed by atoms with E-state index in [4.69, 9.17) is 4.74 Å². The Morgan fingerprint density at radius 3 is 2.39 bits per heavy atom. The molecule has 0 spiro atoms. The van der Waals surface area contributed by atoms with E-state index in [1.807, 2.05) is 0 Å². The van der Waals surface area contributed by atoms with Gasteiger partial charge in [-0.1, -0.05) is 26.0 Å². The number of rotatable bonds is 7. The van der Waals surface area contributed by atoms with Crippen molar-refractivity contribution in [2.75, 3.05) is 13.2 Å². The Labute approximate surface area is 111 Å². The zero-order valence-corrected chi connectivity index (χ0v) is 11.8. The van der Waals surface area contributed by atoms with Gasteiger partial charge in [0.05, 0.1) is 6.61 Å². The second-order valence-electron chi connectivity index (χ2n) is 5.85. The van der Waals surface area contributed by atoms with Gasteiger partial charge in [0.1, 0.15) is 5.75 Å². The average molecular weight is 247 g/mol. The molecular formula is C16H25NO. The van der Waals surface area contributed by atoms with Crippen molar-refractivity contribution in [2.24, 2.45) is 11.8 Å². The van der Waals surface area contributed by atoms with Crippen LogP contribution in [0, 0.1) is 11.8 Å². The molecule has 0 bridgehead atoms. The van der Waals surface area contributed by atoms with Crippen LogP contribution in [-0.4, -0.2) is 13.2 Å². The van der Waals surface area contributed by atoms with E-state index in [9.17, 15) is 0 Å². The van der Waals surface area contributed by atoms with Crippen molar-refractivity contribution >= 4 is 0 Å². The second-order valence-corrected chi connectivity index (χ2v) is 5.85. The van der Waals surface area contributed by atoms with Gasteiger partial charge in [0.2, 0.25) is 0 Å². The third-order valence-electron chi connectivity index (χ3n) is 3.37. The van der Waals surface area contributed by atoms with E-state index >= 15 is 0 Å². The van der Waals surface area contributed by atoms with E-state index < -0.39 is 0 Å². The molecule has 1 aromatic rings. The highest BCUT2D eigenvalue weighted by atomic mass is 16.5. The average Bonchev–Trinajstić information content (AvgIpc) is 3.18. The highest BCUT2D eigenvalue weighted by molar-refractivity contribution is 5.28. The second kappa shape index (κ2) is 6.24. The lowest BCUT2D eigenvalue weighted by Crippen LogP contribution is -2.20. The fourth-order valence-corrected chi connectivity index (χ4v) is 1.90. The fraction of sp³-hybridized carbons (Fsp3) is 0.625. The van der Waals surface area contributed by atoms with Crippen molar-refractivity contribution in [2.45, 2.75) is 39.7 Å². The van der Waals surface area contributed by atoms with Crippen LogP contribution in [-0.2, 0) is 0 Å². The molecule has 1 aromatic carbocycles. The number of hydrogen-bond donors (Lipinski definition) is 1. The van der Waals surface area contributed by atoms with Crippen LogP contribution in [0.3, 0.4) is 0 Å². The molecule has 1 aliphatic rings. The third kappa shape index (κ3) is 4.34. The van der Waals surface area contributed by atoms with E-state index in [1.54, 1.807) is 0 Å². The van der Waals surface area contributed by atoms with Gasteiger partial charge < -0.3 is 10.1 Å². The summed E-state index contributed by atoms with van der Waals surface area (Å²) in [7, 11) is 0. The smallest absolute Gasteiger partial charge is 0.119 e. The quantitative estimate of drug-likeness (QED) is 0.791. The predicted molar refractivity (Wildman–Crippen MR) is 75.9 cm³/mol. The first-order valence-electron chi connectivity index (χ1n) is 7.11. The molecular weight excluding hydrogens is 222 g/mol. The molecule has 18 heavy (non-hydrogen) atoms. The monoisotopic (exact) mass is 247 g/mol. The Hall–Kier alpha value is -1.02. The minimum absolute atomic E-state index is 0.435. The Balaban J connectivity index is 1.81. The lowest BCUT2D eigenvalue weighted by Gasteiger charge is -2.15. The molecule has 2 nitrogen and oxygen atoms in total. The van der Waals surface area contributed by atoms with Gasteiger partial charge in [-0.25, -0.2) is 0 Å². The maximum absolute atomic E-state index is 5.69. The summed E-state index contributed by atoms with van der Waals surface area (Å²) < 4.78 is 5.69. The molecule has 1 N–H and O–H groups in total. The van der Waals surface area contributed by atoms with Gasteiger partial charge in [0.25, 0.3) is 0 Å². The number of hydrogen-bond acceptors (Lipinski definition) is 2. The van der Waals surface area contributed by atoms with Gasteiger partial charge >= 0.3 is 0 Å². The molecule has 2 rings (SSSR count). The van der Waals surface area contributed by atoms with Crippen LogP contribution < -0.4 is 10.1 Å². The number of benzene rings is 1. The van der Waals surface area contributed by atoms with Crippen LogP contribution in [0.4, 0.5) is 0 Å². The summed E-state index contributed by atoms with van der Waals surface area (Å²) >= 11 is 0. The van der Waals surface area contributed by atoms with Crippen LogP contribution in [0.2, 0.25) is 0 Å². The normalized spacial score (nSPS) is 16.9. The lowest BCUT2D eigenvalue weighted by molar-refractivity contribution is 0.271. The molecule has 1 atom stereocenters. The summed E-state index contributed by atoms with van der Waals surface area (Å²) in [5.74, 6) is 2.48. The molecule has 1 aliphatic carbocycles. The molecule has 0 radical (unpaired) electrons. The highest BCUT2D eigenvalue weighted by Gasteiger charge is 2.21. The van der Waals surface area contributed by atoms with E-state index in [-0.39, 0.29) is 0 Å². The molecule has 0 heterocycles. The van der Waals surface area contributed by atoms with Crippen molar-refractivity contribution in [3.05, 3.63) is 29.8 Å². The van der Waals surface area contributed by atoms with E-state index in [1.165, 1.54) is 18.4 Å². The van der Waals surface area contributed by atoms with Gasteiger partial charge in [-0.15, -0.1) is 0 Å². The molecule has 0 amide bonds. The Morgan fingerprint density at radius 1 is 1.17 bits per heavy atom. The molecule has 0 aliphatic heterocycles. The largest absolute Gasteiger partial charge is 0.493 e. The van der Waals surface area contributed by atoms with Crippen LogP contribution in [0.1, 0.15) is 45.2 Å². The molecule has 1 unspecified atom stereocenters. The molecule has 0 aromatic heterocycles. The zero-order valence-electron chi connectivity index (χ0n) is 11.8. The van der Waals surface area contributed by atoms with Gasteiger partial charge in [0.15, 0.2) is 0 Å². The Kier molecular flexibility index (Phi) is 4.65. The summed E-state index contributed by atoms with van der Waals surface area (Å²) in [5.41, 5.74) is 1.34. The van der Waals surface area contributed by atoms with Gasteiger partial charge in [-0.05, 0) is 55.8 Å². The summed E-state index contributed by atoms with van der Waals surface area (Å²) in [5, 5.41) is 3.59. The molecule has 2 heteroatoms. The van der Waals surface area contributed by atoms with Gasteiger partial charge in [0, 0.05) is 6.04 Å².